The van der Waals surface area contributed by atoms with Crippen LogP contribution in [0.15, 0.2) is 30.3 Å². The summed E-state index contributed by atoms with van der Waals surface area (Å²) in [5, 5.41) is 10.4. The maximum absolute atomic E-state index is 12.6. The first kappa shape index (κ1) is 21.5. The van der Waals surface area contributed by atoms with Gasteiger partial charge < -0.3 is 0 Å². The van der Waals surface area contributed by atoms with Crippen molar-refractivity contribution in [3.8, 4) is 0 Å². The fourth-order valence-electron chi connectivity index (χ4n) is 3.07. The van der Waals surface area contributed by atoms with Crippen LogP contribution in [0.25, 0.3) is 0 Å². The molecule has 0 saturated carbocycles. The third-order valence-electron chi connectivity index (χ3n) is 4.61. The van der Waals surface area contributed by atoms with Gasteiger partial charge in [-0.3, -0.25) is 0 Å². The van der Waals surface area contributed by atoms with Crippen LogP contribution in [0.5, 0.6) is 0 Å². The number of benzene rings is 1. The predicted molar refractivity (Wildman–Crippen MR) is 102 cm³/mol. The van der Waals surface area contributed by atoms with Gasteiger partial charge in [0.25, 0.3) is 0 Å². The number of carbonyl (C=O) groups excluding carboxylic acids is 1. The van der Waals surface area contributed by atoms with Gasteiger partial charge >= 0.3 is 152 Å². The average molecular weight is 441 g/mol. The molecule has 3 nitrogen and oxygen atoms in total. The molecule has 1 aromatic rings. The molecule has 0 heterocycles. The summed E-state index contributed by atoms with van der Waals surface area (Å²) in [5.74, 6) is -0.416. The number of hydrogen-bond acceptors (Lipinski definition) is 3. The van der Waals surface area contributed by atoms with Crippen molar-refractivity contribution in [1.82, 2.24) is 0 Å². The molecule has 0 bridgehead atoms. The molecule has 0 aliphatic carbocycles. The molecule has 0 fully saturated rings. The first-order valence-corrected chi connectivity index (χ1v) is 16.8. The topological polar surface area (TPSA) is 46.5 Å². The van der Waals surface area contributed by atoms with Gasteiger partial charge in [0.1, 0.15) is 0 Å². The summed E-state index contributed by atoms with van der Waals surface area (Å²) in [5.41, 5.74) is 0.629. The fourth-order valence-corrected chi connectivity index (χ4v) is 16.2. The van der Waals surface area contributed by atoms with Gasteiger partial charge in [-0.1, -0.05) is 0 Å². The monoisotopic (exact) mass is 442 g/mol. The fraction of sp³-hybridized carbons (Fsp3) is 0.650. The number of aliphatic hydroxyl groups excluding tert-OH is 1. The van der Waals surface area contributed by atoms with Crippen molar-refractivity contribution in [3.63, 3.8) is 0 Å². The third kappa shape index (κ3) is 7.14. The molecule has 0 aromatic heterocycles. The minimum atomic E-state index is -3.00. The second kappa shape index (κ2) is 11.9. The van der Waals surface area contributed by atoms with Crippen LogP contribution < -0.4 is 0 Å². The molecule has 136 valence electrons. The Balaban J connectivity index is 2.88. The molecule has 4 heteroatoms. The number of unbranched alkanes of at least 4 members (excludes halogenated alkanes) is 3. The van der Waals surface area contributed by atoms with E-state index in [4.69, 9.17) is 3.07 Å². The molecular formula is C20H34O3Sn. The van der Waals surface area contributed by atoms with E-state index in [0.29, 0.717) is 5.56 Å². The van der Waals surface area contributed by atoms with Crippen LogP contribution in [-0.4, -0.2) is 29.9 Å². The SMILES string of the molecule is CCC[CH2][Sn]([CH2]CCC)([CH2]CCC)[O]C(=O)[C@@H](O)c1ccccc1. The Morgan fingerprint density at radius 2 is 1.42 bits per heavy atom. The number of hydrogen-bond donors (Lipinski definition) is 1. The third-order valence-corrected chi connectivity index (χ3v) is 17.3. The molecule has 0 aliphatic rings. The van der Waals surface area contributed by atoms with E-state index in [9.17, 15) is 9.90 Å². The summed E-state index contributed by atoms with van der Waals surface area (Å²) in [7, 11) is 0. The van der Waals surface area contributed by atoms with Crippen LogP contribution in [-0.2, 0) is 7.87 Å². The van der Waals surface area contributed by atoms with Gasteiger partial charge in [-0.25, -0.2) is 0 Å². The molecule has 24 heavy (non-hydrogen) atoms. The van der Waals surface area contributed by atoms with E-state index in [1.54, 1.807) is 12.1 Å². The summed E-state index contributed by atoms with van der Waals surface area (Å²) in [6.45, 7) is 6.57. The van der Waals surface area contributed by atoms with E-state index in [1.807, 2.05) is 18.2 Å². The zero-order valence-corrected chi connectivity index (χ0v) is 18.4. The predicted octanol–water partition coefficient (Wildman–Crippen LogP) is 5.61. The zero-order chi connectivity index (χ0) is 17.8. The Morgan fingerprint density at radius 1 is 0.958 bits per heavy atom. The van der Waals surface area contributed by atoms with Crippen molar-refractivity contribution in [2.45, 2.75) is 78.7 Å². The van der Waals surface area contributed by atoms with Crippen LogP contribution in [0.3, 0.4) is 0 Å². The van der Waals surface area contributed by atoms with E-state index in [1.165, 1.54) is 0 Å². The quantitative estimate of drug-likeness (QED) is 0.429. The molecule has 1 aromatic carbocycles. The van der Waals surface area contributed by atoms with Gasteiger partial charge in [-0.05, 0) is 0 Å². The van der Waals surface area contributed by atoms with Crippen molar-refractivity contribution in [1.29, 1.82) is 0 Å². The zero-order valence-electron chi connectivity index (χ0n) is 15.6. The van der Waals surface area contributed by atoms with Crippen LogP contribution in [0.1, 0.15) is 71.0 Å². The number of rotatable bonds is 12. The van der Waals surface area contributed by atoms with Crippen LogP contribution in [0.4, 0.5) is 0 Å². The minimum absolute atomic E-state index is 0.416. The van der Waals surface area contributed by atoms with E-state index >= 15 is 0 Å². The van der Waals surface area contributed by atoms with Crippen molar-refractivity contribution in [2.75, 3.05) is 0 Å². The maximum atomic E-state index is 12.6. The standard InChI is InChI=1S/C8H8O3.3C4H9.Sn/c9-7(8(10)11)6-4-2-1-3-5-6;3*1-3-4-2;/h1-5,7,9H,(H,10,11);3*1,3-4H2,2H3;/q;;;;+1/p-1/t7-;;;;/m0..../s1. The van der Waals surface area contributed by atoms with Crippen molar-refractivity contribution < 1.29 is 13.0 Å². The molecule has 0 radical (unpaired) electrons. The van der Waals surface area contributed by atoms with Gasteiger partial charge in [0.15, 0.2) is 0 Å². The molecule has 1 N–H and O–H groups in total. The molecule has 0 spiro atoms. The van der Waals surface area contributed by atoms with E-state index < -0.39 is 30.9 Å². The Morgan fingerprint density at radius 3 is 1.83 bits per heavy atom. The average Bonchev–Trinajstić information content (AvgIpc) is 2.62. The molecule has 1 rings (SSSR count). The Bertz CT molecular complexity index is 439. The van der Waals surface area contributed by atoms with Crippen LogP contribution in [0.2, 0.25) is 13.3 Å². The molecule has 0 amide bonds. The molecule has 0 aliphatic heterocycles. The van der Waals surface area contributed by atoms with Crippen molar-refractivity contribution >= 4 is 24.8 Å². The Kier molecular flexibility index (Phi) is 10.7. The second-order valence-corrected chi connectivity index (χ2v) is 18.3. The second-order valence-electron chi connectivity index (χ2n) is 6.73. The Hall–Kier alpha value is -0.551. The van der Waals surface area contributed by atoms with E-state index in [2.05, 4.69) is 20.8 Å². The molecule has 0 unspecified atom stereocenters. The molecular weight excluding hydrogens is 407 g/mol. The van der Waals surface area contributed by atoms with Crippen molar-refractivity contribution in [3.05, 3.63) is 35.9 Å². The summed E-state index contributed by atoms with van der Waals surface area (Å²) in [4.78, 5) is 12.6. The van der Waals surface area contributed by atoms with Crippen LogP contribution >= 0.6 is 0 Å². The molecule has 0 saturated heterocycles. The number of aliphatic hydroxyl groups is 1. The van der Waals surface area contributed by atoms with Gasteiger partial charge in [0, 0.05) is 0 Å². The first-order valence-electron chi connectivity index (χ1n) is 9.54. The summed E-state index contributed by atoms with van der Waals surface area (Å²) >= 11 is -3.00. The van der Waals surface area contributed by atoms with Gasteiger partial charge in [-0.2, -0.15) is 0 Å². The number of carbonyl (C=O) groups is 1. The van der Waals surface area contributed by atoms with E-state index in [0.717, 1.165) is 51.8 Å². The normalized spacial score (nSPS) is 12.8. The van der Waals surface area contributed by atoms with Crippen molar-refractivity contribution in [2.24, 2.45) is 0 Å². The Labute approximate surface area is 152 Å². The van der Waals surface area contributed by atoms with Crippen LogP contribution in [0, 0.1) is 0 Å². The van der Waals surface area contributed by atoms with Gasteiger partial charge in [-0.15, -0.1) is 0 Å². The van der Waals surface area contributed by atoms with Gasteiger partial charge in [0.2, 0.25) is 0 Å². The summed E-state index contributed by atoms with van der Waals surface area (Å²) < 4.78 is 9.47. The van der Waals surface area contributed by atoms with Gasteiger partial charge in [0.05, 0.1) is 0 Å². The molecule has 1 atom stereocenters. The van der Waals surface area contributed by atoms with E-state index in [-0.39, 0.29) is 0 Å². The summed E-state index contributed by atoms with van der Waals surface area (Å²) in [6, 6.07) is 9.14. The summed E-state index contributed by atoms with van der Waals surface area (Å²) in [6.07, 6.45) is 5.67. The first-order chi connectivity index (χ1) is 11.6.